The first-order valence-electron chi connectivity index (χ1n) is 15.4. The zero-order valence-electron chi connectivity index (χ0n) is 25.1. The molecule has 3 heteroatoms. The second-order valence-corrected chi connectivity index (χ2v) is 11.3. The summed E-state index contributed by atoms with van der Waals surface area (Å²) in [5.41, 5.74) is 9.90. The van der Waals surface area contributed by atoms with Gasteiger partial charge in [-0.2, -0.15) is 0 Å². The molecular formula is C43H29N3. The fraction of sp³-hybridized carbons (Fsp3) is 0. The Hall–Kier alpha value is -6.19. The van der Waals surface area contributed by atoms with Gasteiger partial charge in [-0.3, -0.25) is 0 Å². The van der Waals surface area contributed by atoms with Crippen LogP contribution in [0.2, 0.25) is 0 Å². The minimum atomic E-state index is 0.643. The van der Waals surface area contributed by atoms with Crippen LogP contribution < -0.4 is 0 Å². The van der Waals surface area contributed by atoms with E-state index in [0.717, 1.165) is 27.8 Å². The summed E-state index contributed by atoms with van der Waals surface area (Å²) in [5, 5.41) is 2.44. The molecule has 0 spiro atoms. The topological polar surface area (TPSA) is 38.7 Å². The highest BCUT2D eigenvalue weighted by Gasteiger charge is 2.14. The third-order valence-electron chi connectivity index (χ3n) is 8.34. The normalized spacial score (nSPS) is 11.0. The lowest BCUT2D eigenvalue weighted by molar-refractivity contribution is 1.07. The van der Waals surface area contributed by atoms with E-state index >= 15 is 0 Å². The Morgan fingerprint density at radius 3 is 0.978 bits per heavy atom. The van der Waals surface area contributed by atoms with Crippen LogP contribution in [0, 0.1) is 0 Å². The van der Waals surface area contributed by atoms with Gasteiger partial charge < -0.3 is 0 Å². The molecule has 0 aliphatic carbocycles. The molecule has 0 bridgehead atoms. The second kappa shape index (κ2) is 12.1. The van der Waals surface area contributed by atoms with Crippen molar-refractivity contribution >= 4 is 10.8 Å². The number of hydrogen-bond acceptors (Lipinski definition) is 3. The van der Waals surface area contributed by atoms with Crippen LogP contribution in [0.4, 0.5) is 0 Å². The molecule has 0 radical (unpaired) electrons. The zero-order chi connectivity index (χ0) is 30.7. The van der Waals surface area contributed by atoms with E-state index in [9.17, 15) is 0 Å². The van der Waals surface area contributed by atoms with E-state index in [-0.39, 0.29) is 0 Å². The summed E-state index contributed by atoms with van der Waals surface area (Å²) >= 11 is 0. The number of benzene rings is 7. The van der Waals surface area contributed by atoms with Gasteiger partial charge in [-0.25, -0.2) is 15.0 Å². The molecule has 3 nitrogen and oxygen atoms in total. The molecule has 0 N–H and O–H groups in total. The molecule has 216 valence electrons. The van der Waals surface area contributed by atoms with Crippen LogP contribution in [0.1, 0.15) is 0 Å². The highest BCUT2D eigenvalue weighted by molar-refractivity contribution is 5.96. The van der Waals surface area contributed by atoms with Crippen LogP contribution in [-0.4, -0.2) is 15.0 Å². The minimum absolute atomic E-state index is 0.643. The first kappa shape index (κ1) is 27.4. The molecule has 0 fully saturated rings. The summed E-state index contributed by atoms with van der Waals surface area (Å²) in [6.45, 7) is 0. The summed E-state index contributed by atoms with van der Waals surface area (Å²) in [7, 11) is 0. The number of fused-ring (bicyclic) bond motifs is 1. The van der Waals surface area contributed by atoms with Crippen molar-refractivity contribution in [1.29, 1.82) is 0 Å². The molecule has 0 aliphatic heterocycles. The van der Waals surface area contributed by atoms with Crippen molar-refractivity contribution in [1.82, 2.24) is 15.0 Å². The van der Waals surface area contributed by atoms with Crippen LogP contribution in [0.25, 0.3) is 78.3 Å². The van der Waals surface area contributed by atoms with E-state index in [0.29, 0.717) is 17.5 Å². The predicted molar refractivity (Wildman–Crippen MR) is 190 cm³/mol. The Labute approximate surface area is 268 Å². The molecule has 0 amide bonds. The largest absolute Gasteiger partial charge is 0.208 e. The monoisotopic (exact) mass is 587 g/mol. The summed E-state index contributed by atoms with van der Waals surface area (Å²) in [5.74, 6) is 1.94. The first-order chi connectivity index (χ1) is 22.8. The zero-order valence-corrected chi connectivity index (χ0v) is 25.1. The summed E-state index contributed by atoms with van der Waals surface area (Å²) in [4.78, 5) is 14.9. The molecule has 46 heavy (non-hydrogen) atoms. The van der Waals surface area contributed by atoms with Gasteiger partial charge in [0.15, 0.2) is 17.5 Å². The Morgan fingerprint density at radius 1 is 0.239 bits per heavy atom. The van der Waals surface area contributed by atoms with Crippen LogP contribution in [0.15, 0.2) is 176 Å². The van der Waals surface area contributed by atoms with Crippen molar-refractivity contribution in [2.24, 2.45) is 0 Å². The highest BCUT2D eigenvalue weighted by atomic mass is 15.0. The predicted octanol–water partition coefficient (Wildman–Crippen LogP) is 11.0. The Kier molecular flexibility index (Phi) is 7.18. The molecule has 0 saturated heterocycles. The maximum Gasteiger partial charge on any atom is 0.164 e. The molecule has 8 rings (SSSR count). The van der Waals surface area contributed by atoms with Crippen molar-refractivity contribution in [3.8, 4) is 67.5 Å². The standard InChI is InChI=1S/C43H29N3/c1-4-12-30(13-5-1)31-20-24-35(25-21-31)42-44-41(34-16-8-3-9-17-34)45-43(46-42)36-26-22-33(23-27-36)40-29-38-19-11-10-18-37(38)28-39(40)32-14-6-2-7-15-32/h1-29H. The van der Waals surface area contributed by atoms with Gasteiger partial charge >= 0.3 is 0 Å². The second-order valence-electron chi connectivity index (χ2n) is 11.3. The first-order valence-corrected chi connectivity index (χ1v) is 15.4. The molecule has 0 aliphatic rings. The van der Waals surface area contributed by atoms with Gasteiger partial charge in [0.05, 0.1) is 0 Å². The summed E-state index contributed by atoms with van der Waals surface area (Å²) in [6, 6.07) is 61.2. The molecule has 8 aromatic rings. The van der Waals surface area contributed by atoms with E-state index in [2.05, 4.69) is 140 Å². The van der Waals surface area contributed by atoms with E-state index in [1.807, 2.05) is 36.4 Å². The van der Waals surface area contributed by atoms with Crippen molar-refractivity contribution in [2.45, 2.75) is 0 Å². The van der Waals surface area contributed by atoms with Crippen LogP contribution in [0.3, 0.4) is 0 Å². The number of aromatic nitrogens is 3. The minimum Gasteiger partial charge on any atom is -0.208 e. The average molecular weight is 588 g/mol. The molecule has 0 saturated carbocycles. The van der Waals surface area contributed by atoms with Gasteiger partial charge in [0.1, 0.15) is 0 Å². The van der Waals surface area contributed by atoms with Gasteiger partial charge in [0.25, 0.3) is 0 Å². The van der Waals surface area contributed by atoms with Crippen molar-refractivity contribution in [3.63, 3.8) is 0 Å². The maximum atomic E-state index is 4.99. The Bertz CT molecular complexity index is 2260. The van der Waals surface area contributed by atoms with Crippen LogP contribution in [0.5, 0.6) is 0 Å². The Balaban J connectivity index is 1.21. The number of hydrogen-bond donors (Lipinski definition) is 0. The van der Waals surface area contributed by atoms with E-state index in [1.165, 1.54) is 33.0 Å². The lowest BCUT2D eigenvalue weighted by atomic mass is 9.91. The van der Waals surface area contributed by atoms with E-state index in [1.54, 1.807) is 0 Å². The fourth-order valence-electron chi connectivity index (χ4n) is 5.93. The number of nitrogens with zero attached hydrogens (tertiary/aromatic N) is 3. The molecule has 1 heterocycles. The third kappa shape index (κ3) is 5.47. The molecular weight excluding hydrogens is 558 g/mol. The van der Waals surface area contributed by atoms with Crippen molar-refractivity contribution in [3.05, 3.63) is 176 Å². The van der Waals surface area contributed by atoms with Crippen molar-refractivity contribution < 1.29 is 0 Å². The summed E-state index contributed by atoms with van der Waals surface area (Å²) in [6.07, 6.45) is 0. The van der Waals surface area contributed by atoms with Crippen LogP contribution >= 0.6 is 0 Å². The van der Waals surface area contributed by atoms with Gasteiger partial charge in [-0.1, -0.05) is 164 Å². The van der Waals surface area contributed by atoms with Crippen molar-refractivity contribution in [2.75, 3.05) is 0 Å². The molecule has 1 aromatic heterocycles. The quantitative estimate of drug-likeness (QED) is 0.194. The molecule has 0 unspecified atom stereocenters. The van der Waals surface area contributed by atoms with Gasteiger partial charge in [-0.05, 0) is 56.3 Å². The van der Waals surface area contributed by atoms with Gasteiger partial charge in [0, 0.05) is 16.7 Å². The fourth-order valence-corrected chi connectivity index (χ4v) is 5.93. The van der Waals surface area contributed by atoms with Crippen LogP contribution in [-0.2, 0) is 0 Å². The third-order valence-corrected chi connectivity index (χ3v) is 8.34. The average Bonchev–Trinajstić information content (AvgIpc) is 3.15. The molecule has 7 aromatic carbocycles. The Morgan fingerprint density at radius 2 is 0.522 bits per heavy atom. The molecule has 0 atom stereocenters. The maximum absolute atomic E-state index is 4.99. The van der Waals surface area contributed by atoms with Gasteiger partial charge in [0.2, 0.25) is 0 Å². The summed E-state index contributed by atoms with van der Waals surface area (Å²) < 4.78 is 0. The highest BCUT2D eigenvalue weighted by Crippen LogP contribution is 2.37. The van der Waals surface area contributed by atoms with E-state index in [4.69, 9.17) is 15.0 Å². The lowest BCUT2D eigenvalue weighted by Gasteiger charge is -2.13. The lowest BCUT2D eigenvalue weighted by Crippen LogP contribution is -2.00. The SMILES string of the molecule is c1ccc(-c2ccc(-c3nc(-c4ccccc4)nc(-c4ccc(-c5cc6ccccc6cc5-c5ccccc5)cc4)n3)cc2)cc1. The smallest absolute Gasteiger partial charge is 0.164 e. The van der Waals surface area contributed by atoms with E-state index < -0.39 is 0 Å². The number of rotatable bonds is 6. The van der Waals surface area contributed by atoms with Gasteiger partial charge in [-0.15, -0.1) is 0 Å².